The lowest BCUT2D eigenvalue weighted by atomic mass is 9.74. The summed E-state index contributed by atoms with van der Waals surface area (Å²) in [4.78, 5) is 0.545. The first-order chi connectivity index (χ1) is 33.8. The van der Waals surface area contributed by atoms with Gasteiger partial charge in [0.25, 0.3) is 0 Å². The third-order valence-corrected chi connectivity index (χ3v) is 20.0. The zero-order valence-corrected chi connectivity index (χ0v) is 49.1. The molecule has 2 aromatic heterocycles. The zero-order valence-electron chi connectivity index (χ0n) is 47.5. The molecule has 73 heavy (non-hydrogen) atoms. The van der Waals surface area contributed by atoms with Crippen molar-refractivity contribution < 1.29 is 26.7 Å². The predicted molar refractivity (Wildman–Crippen MR) is 301 cm³/mol. The van der Waals surface area contributed by atoms with Crippen molar-refractivity contribution in [3.05, 3.63) is 82.7 Å². The molecule has 0 spiro atoms. The molecule has 2 aromatic carbocycles. The van der Waals surface area contributed by atoms with Crippen molar-refractivity contribution in [3.8, 4) is 22.5 Å². The molecule has 1 saturated heterocycles. The highest BCUT2D eigenvalue weighted by Crippen LogP contribution is 2.41. The number of rotatable bonds is 17. The number of aromatic nitrogens is 2. The van der Waals surface area contributed by atoms with Gasteiger partial charge < -0.3 is 19.0 Å². The van der Waals surface area contributed by atoms with Crippen LogP contribution in [-0.2, 0) is 59.5 Å². The van der Waals surface area contributed by atoms with Crippen LogP contribution >= 0.6 is 0 Å². The molecule has 2 saturated carbocycles. The van der Waals surface area contributed by atoms with Gasteiger partial charge in [-0.3, -0.25) is 0 Å². The topological polar surface area (TPSA) is 132 Å². The largest absolute Gasteiger partial charge is 0.388 e. The minimum absolute atomic E-state index is 0.0651. The molecule has 12 heteroatoms. The van der Waals surface area contributed by atoms with Crippen LogP contribution in [0, 0.1) is 18.8 Å². The van der Waals surface area contributed by atoms with Crippen LogP contribution < -0.4 is 9.44 Å². The summed E-state index contributed by atoms with van der Waals surface area (Å²) in [7, 11) is -7.92. The van der Waals surface area contributed by atoms with Gasteiger partial charge in [0.2, 0.25) is 20.0 Å². The lowest BCUT2D eigenvalue weighted by Gasteiger charge is -2.33. The molecule has 3 fully saturated rings. The van der Waals surface area contributed by atoms with Crippen LogP contribution in [0.25, 0.3) is 22.5 Å². The number of ether oxygens (including phenoxy) is 1. The summed E-state index contributed by atoms with van der Waals surface area (Å²) >= 11 is 0. The van der Waals surface area contributed by atoms with Gasteiger partial charge in [0.05, 0.1) is 5.60 Å². The van der Waals surface area contributed by atoms with Gasteiger partial charge in [0.15, 0.2) is 0 Å². The van der Waals surface area contributed by atoms with Crippen LogP contribution in [0.2, 0.25) is 0 Å². The first-order valence-electron chi connectivity index (χ1n) is 27.8. The molecule has 4 aromatic rings. The Labute approximate surface area is 442 Å². The van der Waals surface area contributed by atoms with E-state index >= 15 is 0 Å². The van der Waals surface area contributed by atoms with Crippen molar-refractivity contribution in [1.29, 1.82) is 0 Å². The predicted octanol–water partition coefficient (Wildman–Crippen LogP) is 13.6. The van der Waals surface area contributed by atoms with Crippen molar-refractivity contribution in [1.82, 2.24) is 18.6 Å². The molecule has 3 aliphatic rings. The van der Waals surface area contributed by atoms with Gasteiger partial charge in [0.1, 0.15) is 9.79 Å². The van der Waals surface area contributed by atoms with Crippen LogP contribution in [0.3, 0.4) is 0 Å². The molecule has 406 valence electrons. The summed E-state index contributed by atoms with van der Waals surface area (Å²) in [6, 6.07) is 17.4. The van der Waals surface area contributed by atoms with Gasteiger partial charge in [-0.15, -0.1) is 0 Å². The highest BCUT2D eigenvalue weighted by Gasteiger charge is 2.36. The standard InChI is InChI=1S/C61H94N4O6S2/c1-43-55(73(69,70)62-42-61(66)27-29-71-30-28-61)38-54(65(43)40-45-23-19-16-20-24-45)47-33-50(58(8,9)10)36-51(34-47)59(11,12)25-26-60(13,14)63-72(67,68)52-37-53(64(41-52)39-44-21-17-15-18-22-44)46-31-48(56(2,3)4)35-49(32-46)57(5,6)7/h31-38,41,44-45,62-63,66H,15-30,39-40,42H2,1-14H3. The maximum Gasteiger partial charge on any atom is 0.242 e. The van der Waals surface area contributed by atoms with E-state index in [9.17, 15) is 21.9 Å². The molecule has 0 unspecified atom stereocenters. The SMILES string of the molecule is Cc1c(S(=O)(=O)NCC2(O)CCOCC2)cc(-c2cc(C(C)(C)C)cc(C(C)(C)CCC(C)(C)NS(=O)(=O)c3cc(-c4cc(C(C)(C)C)cc(C(C)(C)C)c4)n(CC4CCCCC4)c3)c2)n1CC1CCCCC1. The van der Waals surface area contributed by atoms with E-state index in [2.05, 4.69) is 131 Å². The Bertz CT molecular complexity index is 2740. The number of nitrogens with zero attached hydrogens (tertiary/aromatic N) is 2. The quantitative estimate of drug-likeness (QED) is 0.0965. The molecule has 1 aliphatic heterocycles. The van der Waals surface area contributed by atoms with E-state index in [1.807, 2.05) is 39.1 Å². The van der Waals surface area contributed by atoms with Gasteiger partial charge in [-0.05, 0) is 163 Å². The van der Waals surface area contributed by atoms with Gasteiger partial charge in [-0.1, -0.05) is 127 Å². The molecule has 3 heterocycles. The second kappa shape index (κ2) is 21.6. The van der Waals surface area contributed by atoms with Crippen molar-refractivity contribution in [2.75, 3.05) is 19.8 Å². The Hall–Kier alpha value is -3.26. The van der Waals surface area contributed by atoms with E-state index in [0.717, 1.165) is 72.4 Å². The molecule has 0 radical (unpaired) electrons. The van der Waals surface area contributed by atoms with E-state index in [0.29, 0.717) is 61.3 Å². The molecule has 0 bridgehead atoms. The average molecular weight is 1040 g/mol. The summed E-state index contributed by atoms with van der Waals surface area (Å²) in [5.41, 5.74) is 6.61. The molecule has 2 aliphatic carbocycles. The second-order valence-electron chi connectivity index (χ2n) is 27.2. The van der Waals surface area contributed by atoms with E-state index in [4.69, 9.17) is 4.74 Å². The maximum atomic E-state index is 14.8. The lowest BCUT2D eigenvalue weighted by Crippen LogP contribution is -2.46. The monoisotopic (exact) mass is 1040 g/mol. The van der Waals surface area contributed by atoms with Crippen molar-refractivity contribution in [2.24, 2.45) is 11.8 Å². The minimum atomic E-state index is -3.98. The highest BCUT2D eigenvalue weighted by atomic mass is 32.2. The Morgan fingerprint density at radius 2 is 1.08 bits per heavy atom. The lowest BCUT2D eigenvalue weighted by molar-refractivity contribution is -0.0588. The van der Waals surface area contributed by atoms with Gasteiger partial charge >= 0.3 is 0 Å². The first-order valence-corrected chi connectivity index (χ1v) is 30.8. The van der Waals surface area contributed by atoms with Crippen molar-refractivity contribution in [3.63, 3.8) is 0 Å². The van der Waals surface area contributed by atoms with Crippen LogP contribution in [0.1, 0.15) is 208 Å². The fourth-order valence-corrected chi connectivity index (χ4v) is 14.2. The van der Waals surface area contributed by atoms with Crippen LogP contribution in [0.15, 0.2) is 64.5 Å². The fourth-order valence-electron chi connectivity index (χ4n) is 11.4. The molecular formula is C61H94N4O6S2. The van der Waals surface area contributed by atoms with Crippen molar-refractivity contribution in [2.45, 2.75) is 243 Å². The summed E-state index contributed by atoms with van der Waals surface area (Å²) in [5, 5.41) is 11.2. The highest BCUT2D eigenvalue weighted by molar-refractivity contribution is 7.89. The van der Waals surface area contributed by atoms with Crippen molar-refractivity contribution >= 4 is 20.0 Å². The first kappa shape index (κ1) is 57.4. The number of aliphatic hydroxyl groups is 1. The molecular weight excluding hydrogens is 949 g/mol. The van der Waals surface area contributed by atoms with E-state index in [1.165, 1.54) is 49.7 Å². The zero-order chi connectivity index (χ0) is 53.6. The smallest absolute Gasteiger partial charge is 0.242 e. The normalized spacial score (nSPS) is 18.4. The Morgan fingerprint density at radius 3 is 1.60 bits per heavy atom. The van der Waals surface area contributed by atoms with E-state index in [-0.39, 0.29) is 33.1 Å². The van der Waals surface area contributed by atoms with Gasteiger partial charge in [-0.2, -0.15) is 0 Å². The number of sulfonamides is 2. The number of hydrogen-bond donors (Lipinski definition) is 3. The third kappa shape index (κ3) is 14.2. The molecule has 3 N–H and O–H groups in total. The van der Waals surface area contributed by atoms with Crippen LogP contribution in [-0.4, -0.2) is 62.0 Å². The van der Waals surface area contributed by atoms with Crippen LogP contribution in [0.4, 0.5) is 0 Å². The molecule has 0 atom stereocenters. The van der Waals surface area contributed by atoms with Gasteiger partial charge in [0, 0.05) is 74.5 Å². The fraction of sp³-hybridized carbons (Fsp3) is 0.672. The van der Waals surface area contributed by atoms with Crippen LogP contribution in [0.5, 0.6) is 0 Å². The third-order valence-electron chi connectivity index (χ3n) is 16.8. The van der Waals surface area contributed by atoms with E-state index in [1.54, 1.807) is 0 Å². The Balaban J connectivity index is 1.19. The number of benzene rings is 2. The molecule has 7 rings (SSSR count). The van der Waals surface area contributed by atoms with E-state index < -0.39 is 31.2 Å². The summed E-state index contributed by atoms with van der Waals surface area (Å²) in [6.07, 6.45) is 15.8. The number of nitrogens with one attached hydrogen (secondary N) is 2. The Kier molecular flexibility index (Phi) is 17.0. The average Bonchev–Trinajstić information content (AvgIpc) is 3.89. The maximum absolute atomic E-state index is 14.8. The Morgan fingerprint density at radius 1 is 0.603 bits per heavy atom. The molecule has 0 amide bonds. The summed E-state index contributed by atoms with van der Waals surface area (Å²) in [5.74, 6) is 0.951. The summed E-state index contributed by atoms with van der Waals surface area (Å²) in [6.45, 7) is 32.8. The minimum Gasteiger partial charge on any atom is -0.388 e. The number of hydrogen-bond acceptors (Lipinski definition) is 6. The van der Waals surface area contributed by atoms with Gasteiger partial charge in [-0.25, -0.2) is 26.3 Å². The molecule has 10 nitrogen and oxygen atoms in total. The summed E-state index contributed by atoms with van der Waals surface area (Å²) < 4.78 is 74.0. The second-order valence-corrected chi connectivity index (χ2v) is 30.6.